The lowest BCUT2D eigenvalue weighted by Gasteiger charge is -2.17. The summed E-state index contributed by atoms with van der Waals surface area (Å²) in [7, 11) is 0. The summed E-state index contributed by atoms with van der Waals surface area (Å²) in [6, 6.07) is 9.15. The average molecular weight is 543 g/mol. The molecule has 2 N–H and O–H groups in total. The Kier molecular flexibility index (Phi) is 7.82. The van der Waals surface area contributed by atoms with Gasteiger partial charge in [-0.2, -0.15) is 19.0 Å². The van der Waals surface area contributed by atoms with E-state index in [0.29, 0.717) is 36.0 Å². The molecule has 0 spiro atoms. The van der Waals surface area contributed by atoms with Gasteiger partial charge in [0.25, 0.3) is 5.56 Å². The van der Waals surface area contributed by atoms with E-state index in [2.05, 4.69) is 25.2 Å². The lowest BCUT2D eigenvalue weighted by Crippen LogP contribution is -2.28. The van der Waals surface area contributed by atoms with E-state index in [9.17, 15) is 18.7 Å². The van der Waals surface area contributed by atoms with E-state index in [1.54, 1.807) is 29.9 Å². The van der Waals surface area contributed by atoms with Crippen molar-refractivity contribution in [2.75, 3.05) is 25.1 Å². The lowest BCUT2D eigenvalue weighted by molar-refractivity contribution is -0.131. The molecule has 4 aromatic heterocycles. The molecule has 1 aliphatic heterocycles. The van der Waals surface area contributed by atoms with Crippen LogP contribution in [0.25, 0.3) is 16.6 Å². The van der Waals surface area contributed by atoms with Crippen LogP contribution < -0.4 is 15.6 Å². The summed E-state index contributed by atoms with van der Waals surface area (Å²) in [5.74, 6) is 1.38. The molecule has 0 bridgehead atoms. The van der Waals surface area contributed by atoms with E-state index in [-0.39, 0.29) is 25.9 Å². The maximum absolute atomic E-state index is 12.3. The number of halogens is 2. The van der Waals surface area contributed by atoms with Gasteiger partial charge in [0, 0.05) is 35.7 Å². The van der Waals surface area contributed by atoms with Crippen molar-refractivity contribution in [2.45, 2.75) is 45.6 Å². The molecule has 39 heavy (non-hydrogen) atoms. The van der Waals surface area contributed by atoms with Crippen molar-refractivity contribution >= 4 is 17.2 Å². The van der Waals surface area contributed by atoms with Crippen molar-refractivity contribution in [3.05, 3.63) is 64.3 Å². The second kappa shape index (κ2) is 11.4. The Morgan fingerprint density at radius 3 is 2.79 bits per heavy atom. The molecule has 1 fully saturated rings. The predicted octanol–water partition coefficient (Wildman–Crippen LogP) is 3.08. The average Bonchev–Trinajstić information content (AvgIpc) is 3.50. The Hall–Kier alpha value is -3.94. The molecule has 11 nitrogen and oxygen atoms in total. The number of ether oxygens (including phenoxy) is 3. The molecule has 0 amide bonds. The van der Waals surface area contributed by atoms with Crippen molar-refractivity contribution in [2.24, 2.45) is 0 Å². The van der Waals surface area contributed by atoms with E-state index in [0.717, 1.165) is 27.0 Å². The molecule has 2 atom stereocenters. The van der Waals surface area contributed by atoms with Crippen LogP contribution in [0.15, 0.2) is 47.5 Å². The molecule has 1 aliphatic rings. The van der Waals surface area contributed by atoms with Gasteiger partial charge in [-0.1, -0.05) is 0 Å². The maximum atomic E-state index is 12.3. The number of rotatable bonds is 10. The van der Waals surface area contributed by atoms with E-state index >= 15 is 0 Å². The number of pyridine rings is 2. The second-order valence-corrected chi connectivity index (χ2v) is 9.21. The summed E-state index contributed by atoms with van der Waals surface area (Å²) in [6.45, 7) is 0.847. The molecule has 0 unspecified atom stereocenters. The van der Waals surface area contributed by atoms with Gasteiger partial charge in [-0.05, 0) is 50.1 Å². The number of aliphatic hydroxyl groups excluding tert-OH is 1. The van der Waals surface area contributed by atoms with Gasteiger partial charge < -0.3 is 24.6 Å². The van der Waals surface area contributed by atoms with Crippen LogP contribution in [0.1, 0.15) is 17.7 Å². The zero-order valence-corrected chi connectivity index (χ0v) is 21.4. The first-order chi connectivity index (χ1) is 18.8. The van der Waals surface area contributed by atoms with E-state index in [4.69, 9.17) is 9.47 Å². The molecule has 5 rings (SSSR count). The number of nitrogens with zero attached hydrogens (tertiary/aromatic N) is 5. The van der Waals surface area contributed by atoms with Crippen LogP contribution in [0.5, 0.6) is 5.75 Å². The van der Waals surface area contributed by atoms with Gasteiger partial charge in [-0.15, -0.1) is 0 Å². The lowest BCUT2D eigenvalue weighted by atomic mass is 10.1. The Balaban J connectivity index is 1.37. The van der Waals surface area contributed by atoms with Crippen molar-refractivity contribution in [1.82, 2.24) is 24.4 Å². The first-order valence-corrected chi connectivity index (χ1v) is 12.4. The van der Waals surface area contributed by atoms with Crippen LogP contribution in [0.2, 0.25) is 0 Å². The zero-order chi connectivity index (χ0) is 27.5. The normalized spacial score (nSPS) is 17.3. The quantitative estimate of drug-likeness (QED) is 0.311. The second-order valence-electron chi connectivity index (χ2n) is 9.21. The highest BCUT2D eigenvalue weighted by Gasteiger charge is 2.27. The molecule has 206 valence electrons. The molecule has 0 aromatic carbocycles. The number of aryl methyl sites for hydroxylation is 2. The van der Waals surface area contributed by atoms with Crippen LogP contribution in [-0.2, 0) is 16.0 Å². The minimum Gasteiger partial charge on any atom is -0.489 e. The highest BCUT2D eigenvalue weighted by atomic mass is 19.3. The third-order valence-corrected chi connectivity index (χ3v) is 6.31. The number of hydrogen-bond acceptors (Lipinski definition) is 9. The van der Waals surface area contributed by atoms with Crippen molar-refractivity contribution in [3.63, 3.8) is 0 Å². The fourth-order valence-electron chi connectivity index (χ4n) is 4.33. The Labute approximate surface area is 222 Å². The van der Waals surface area contributed by atoms with Crippen molar-refractivity contribution in [1.29, 1.82) is 0 Å². The molecule has 0 aliphatic carbocycles. The summed E-state index contributed by atoms with van der Waals surface area (Å²) in [6.07, 6.45) is 3.12. The van der Waals surface area contributed by atoms with Gasteiger partial charge in [0.15, 0.2) is 11.6 Å². The summed E-state index contributed by atoms with van der Waals surface area (Å²) in [5.41, 5.74) is 3.32. The fraction of sp³-hybridized carbons (Fsp3) is 0.385. The number of hydrogen-bond donors (Lipinski definition) is 2. The molecular weight excluding hydrogens is 514 g/mol. The van der Waals surface area contributed by atoms with Crippen LogP contribution >= 0.6 is 0 Å². The number of fused-ring (bicyclic) bond motifs is 1. The predicted molar refractivity (Wildman–Crippen MR) is 137 cm³/mol. The largest absolute Gasteiger partial charge is 0.489 e. The smallest absolute Gasteiger partial charge is 0.345 e. The van der Waals surface area contributed by atoms with Gasteiger partial charge in [0.05, 0.1) is 31.0 Å². The van der Waals surface area contributed by atoms with Crippen LogP contribution in [0, 0.1) is 13.8 Å². The Morgan fingerprint density at radius 1 is 1.21 bits per heavy atom. The SMILES string of the molecule is Cc1cc(-c2ccn3nc(Nc4cc(C)c(=O)n(CCOC(F)F)n4)cc3c2)c(OC[C@H]2OCC[C@@H]2O)cn1. The van der Waals surface area contributed by atoms with Gasteiger partial charge in [0.2, 0.25) is 0 Å². The number of anilines is 2. The van der Waals surface area contributed by atoms with Gasteiger partial charge in [0.1, 0.15) is 18.5 Å². The number of alkyl halides is 2. The fourth-order valence-corrected chi connectivity index (χ4v) is 4.33. The van der Waals surface area contributed by atoms with Crippen LogP contribution in [-0.4, -0.2) is 68.1 Å². The van der Waals surface area contributed by atoms with E-state index < -0.39 is 18.3 Å². The first-order valence-electron chi connectivity index (χ1n) is 12.4. The number of aliphatic hydroxyl groups is 1. The molecule has 5 heterocycles. The molecule has 1 saturated heterocycles. The minimum atomic E-state index is -2.92. The first kappa shape index (κ1) is 26.7. The number of nitrogens with one attached hydrogen (secondary N) is 1. The molecule has 13 heteroatoms. The molecule has 0 radical (unpaired) electrons. The van der Waals surface area contributed by atoms with Crippen molar-refractivity contribution < 1.29 is 28.1 Å². The third kappa shape index (κ3) is 6.21. The summed E-state index contributed by atoms with van der Waals surface area (Å²) in [5, 5.41) is 21.8. The highest BCUT2D eigenvalue weighted by Crippen LogP contribution is 2.32. The molecule has 0 saturated carbocycles. The summed E-state index contributed by atoms with van der Waals surface area (Å²) >= 11 is 0. The molecule has 4 aromatic rings. The standard InChI is InChI=1S/C26H28F2N6O5/c1-15-9-23(32-34(25(15)36)6-8-38-26(27)28)30-24-12-18-11-17(3-5-33(18)31-24)19-10-16(2)29-13-21(19)39-14-22-20(35)4-7-37-22/h3,5,9-13,20,22,26,35H,4,6-8,14H2,1-2H3,(H,30,31,32)/t20-,22+/m0/s1. The van der Waals surface area contributed by atoms with Gasteiger partial charge >= 0.3 is 6.61 Å². The topological polar surface area (TPSA) is 125 Å². The van der Waals surface area contributed by atoms with Crippen LogP contribution in [0.3, 0.4) is 0 Å². The van der Waals surface area contributed by atoms with Gasteiger partial charge in [-0.25, -0.2) is 9.20 Å². The minimum absolute atomic E-state index is 0.115. The Bertz CT molecular complexity index is 1520. The monoisotopic (exact) mass is 542 g/mol. The third-order valence-electron chi connectivity index (χ3n) is 6.31. The summed E-state index contributed by atoms with van der Waals surface area (Å²) in [4.78, 5) is 16.7. The summed E-state index contributed by atoms with van der Waals surface area (Å²) < 4.78 is 43.2. The van der Waals surface area contributed by atoms with E-state index in [1.807, 2.05) is 31.2 Å². The molecular formula is C26H28F2N6O5. The Morgan fingerprint density at radius 2 is 2.03 bits per heavy atom. The van der Waals surface area contributed by atoms with Crippen molar-refractivity contribution in [3.8, 4) is 16.9 Å². The van der Waals surface area contributed by atoms with Crippen LogP contribution in [0.4, 0.5) is 20.4 Å². The number of aromatic nitrogens is 5. The zero-order valence-electron chi connectivity index (χ0n) is 21.4. The van der Waals surface area contributed by atoms with E-state index in [1.165, 1.54) is 0 Å². The highest BCUT2D eigenvalue weighted by molar-refractivity contribution is 5.75. The van der Waals surface area contributed by atoms with Gasteiger partial charge in [-0.3, -0.25) is 9.78 Å². The maximum Gasteiger partial charge on any atom is 0.345 e.